The van der Waals surface area contributed by atoms with Crippen LogP contribution in [0.15, 0.2) is 39.5 Å². The van der Waals surface area contributed by atoms with Gasteiger partial charge in [0.05, 0.1) is 0 Å². The second-order valence-corrected chi connectivity index (χ2v) is 5.41. The molecule has 0 aliphatic rings. The molecule has 1 atom stereocenters. The molecule has 1 N–H and O–H groups in total. The van der Waals surface area contributed by atoms with Crippen molar-refractivity contribution in [3.8, 4) is 0 Å². The van der Waals surface area contributed by atoms with Crippen molar-refractivity contribution in [2.24, 2.45) is 0 Å². The molecule has 1 aromatic heterocycles. The summed E-state index contributed by atoms with van der Waals surface area (Å²) in [6, 6.07) is 5.70. The number of aromatic nitrogens is 2. The third kappa shape index (κ3) is 2.61. The first-order chi connectivity index (χ1) is 8.13. The maximum absolute atomic E-state index is 10.3. The van der Waals surface area contributed by atoms with E-state index < -0.39 is 6.10 Å². The van der Waals surface area contributed by atoms with E-state index in [1.807, 2.05) is 35.9 Å². The molecule has 1 unspecified atom stereocenters. The van der Waals surface area contributed by atoms with Crippen LogP contribution in [-0.4, -0.2) is 14.7 Å². The predicted molar refractivity (Wildman–Crippen MR) is 73.8 cm³/mol. The van der Waals surface area contributed by atoms with Crippen molar-refractivity contribution in [3.63, 3.8) is 0 Å². The second kappa shape index (κ2) is 5.33. The summed E-state index contributed by atoms with van der Waals surface area (Å²) >= 11 is 6.84. The van der Waals surface area contributed by atoms with E-state index in [0.717, 1.165) is 21.1 Å². The Labute approximate surface area is 117 Å². The number of hydrogen-bond acceptors (Lipinski definition) is 2. The van der Waals surface area contributed by atoms with Gasteiger partial charge >= 0.3 is 0 Å². The smallest absolute Gasteiger partial charge is 0.142 e. The molecule has 3 nitrogen and oxygen atoms in total. The number of aliphatic hydroxyl groups excluding tert-OH is 1. The SMILES string of the molecule is CCn1ccnc1C(O)c1ccc(Br)cc1Br. The van der Waals surface area contributed by atoms with Crippen LogP contribution in [0, 0.1) is 0 Å². The Hall–Kier alpha value is -0.650. The van der Waals surface area contributed by atoms with Crippen LogP contribution < -0.4 is 0 Å². The quantitative estimate of drug-likeness (QED) is 0.910. The molecule has 1 aromatic carbocycles. The highest BCUT2D eigenvalue weighted by atomic mass is 79.9. The number of aliphatic hydroxyl groups is 1. The lowest BCUT2D eigenvalue weighted by Gasteiger charge is -2.14. The summed E-state index contributed by atoms with van der Waals surface area (Å²) in [4.78, 5) is 4.21. The van der Waals surface area contributed by atoms with Crippen molar-refractivity contribution < 1.29 is 5.11 Å². The van der Waals surface area contributed by atoms with Crippen molar-refractivity contribution in [2.45, 2.75) is 19.6 Å². The highest BCUT2D eigenvalue weighted by molar-refractivity contribution is 9.11. The van der Waals surface area contributed by atoms with Gasteiger partial charge < -0.3 is 9.67 Å². The number of aryl methyl sites for hydroxylation is 1. The van der Waals surface area contributed by atoms with Gasteiger partial charge in [-0.05, 0) is 19.1 Å². The highest BCUT2D eigenvalue weighted by Gasteiger charge is 2.18. The maximum atomic E-state index is 10.3. The number of halogens is 2. The summed E-state index contributed by atoms with van der Waals surface area (Å²) in [5.74, 6) is 0.663. The topological polar surface area (TPSA) is 38.0 Å². The fourth-order valence-corrected chi connectivity index (χ4v) is 2.96. The average Bonchev–Trinajstić information content (AvgIpc) is 2.76. The lowest BCUT2D eigenvalue weighted by atomic mass is 10.1. The molecule has 0 aliphatic heterocycles. The van der Waals surface area contributed by atoms with E-state index in [4.69, 9.17) is 0 Å². The standard InChI is InChI=1S/C12H12Br2N2O/c1-2-16-6-5-15-12(16)11(17)9-4-3-8(13)7-10(9)14/h3-7,11,17H,2H2,1H3. The summed E-state index contributed by atoms with van der Waals surface area (Å²) in [5.41, 5.74) is 0.814. The molecule has 0 fully saturated rings. The summed E-state index contributed by atoms with van der Waals surface area (Å²) in [6.45, 7) is 2.81. The van der Waals surface area contributed by atoms with Gasteiger partial charge in [0.15, 0.2) is 0 Å². The Morgan fingerprint density at radius 1 is 1.41 bits per heavy atom. The molecule has 0 amide bonds. The van der Waals surface area contributed by atoms with Gasteiger partial charge in [0, 0.05) is 33.4 Å². The minimum absolute atomic E-state index is 0.663. The molecule has 0 saturated heterocycles. The first-order valence-electron chi connectivity index (χ1n) is 5.27. The lowest BCUT2D eigenvalue weighted by Crippen LogP contribution is -2.09. The normalized spacial score (nSPS) is 12.7. The van der Waals surface area contributed by atoms with E-state index in [1.165, 1.54) is 0 Å². The van der Waals surface area contributed by atoms with Crippen molar-refractivity contribution >= 4 is 31.9 Å². The van der Waals surface area contributed by atoms with Gasteiger partial charge in [-0.2, -0.15) is 0 Å². The van der Waals surface area contributed by atoms with Crippen LogP contribution in [0.4, 0.5) is 0 Å². The van der Waals surface area contributed by atoms with Gasteiger partial charge in [0.25, 0.3) is 0 Å². The zero-order chi connectivity index (χ0) is 12.4. The fraction of sp³-hybridized carbons (Fsp3) is 0.250. The zero-order valence-corrected chi connectivity index (χ0v) is 12.4. The van der Waals surface area contributed by atoms with Gasteiger partial charge in [-0.3, -0.25) is 0 Å². The molecule has 5 heteroatoms. The van der Waals surface area contributed by atoms with Crippen LogP contribution >= 0.6 is 31.9 Å². The lowest BCUT2D eigenvalue weighted by molar-refractivity contribution is 0.204. The Morgan fingerprint density at radius 3 is 2.82 bits per heavy atom. The summed E-state index contributed by atoms with van der Waals surface area (Å²) < 4.78 is 3.77. The minimum Gasteiger partial charge on any atom is -0.380 e. The molecular formula is C12H12Br2N2O. The molecule has 2 rings (SSSR count). The number of benzene rings is 1. The van der Waals surface area contributed by atoms with Crippen LogP contribution in [0.5, 0.6) is 0 Å². The van der Waals surface area contributed by atoms with Crippen molar-refractivity contribution in [1.29, 1.82) is 0 Å². The molecule has 0 aliphatic carbocycles. The Morgan fingerprint density at radius 2 is 2.18 bits per heavy atom. The van der Waals surface area contributed by atoms with E-state index in [9.17, 15) is 5.11 Å². The van der Waals surface area contributed by atoms with Crippen LogP contribution in [0.1, 0.15) is 24.4 Å². The van der Waals surface area contributed by atoms with E-state index in [0.29, 0.717) is 5.82 Å². The monoisotopic (exact) mass is 358 g/mol. The minimum atomic E-state index is -0.715. The molecule has 0 spiro atoms. The third-order valence-corrected chi connectivity index (χ3v) is 3.77. The number of rotatable bonds is 3. The first kappa shape index (κ1) is 12.8. The zero-order valence-electron chi connectivity index (χ0n) is 9.27. The highest BCUT2D eigenvalue weighted by Crippen LogP contribution is 2.30. The van der Waals surface area contributed by atoms with E-state index >= 15 is 0 Å². The Kier molecular flexibility index (Phi) is 4.01. The summed E-state index contributed by atoms with van der Waals surface area (Å²) in [6.07, 6.45) is 2.85. The molecule has 0 radical (unpaired) electrons. The van der Waals surface area contributed by atoms with Gasteiger partial charge in [-0.15, -0.1) is 0 Å². The van der Waals surface area contributed by atoms with Gasteiger partial charge in [-0.25, -0.2) is 4.98 Å². The van der Waals surface area contributed by atoms with Crippen molar-refractivity contribution in [2.75, 3.05) is 0 Å². The van der Waals surface area contributed by atoms with Crippen LogP contribution in [0.2, 0.25) is 0 Å². The molecule has 17 heavy (non-hydrogen) atoms. The molecule has 90 valence electrons. The summed E-state index contributed by atoms with van der Waals surface area (Å²) in [7, 11) is 0. The van der Waals surface area contributed by atoms with E-state index in [1.54, 1.807) is 6.20 Å². The third-order valence-electron chi connectivity index (χ3n) is 2.59. The molecular weight excluding hydrogens is 348 g/mol. The van der Waals surface area contributed by atoms with Crippen molar-refractivity contribution in [1.82, 2.24) is 9.55 Å². The Balaban J connectivity index is 2.40. The van der Waals surface area contributed by atoms with Crippen LogP contribution in [0.25, 0.3) is 0 Å². The Bertz CT molecular complexity index is 525. The fourth-order valence-electron chi connectivity index (χ4n) is 1.70. The molecule has 0 saturated carbocycles. The molecule has 0 bridgehead atoms. The number of hydrogen-bond donors (Lipinski definition) is 1. The predicted octanol–water partition coefficient (Wildman–Crippen LogP) is 3.51. The number of imidazole rings is 1. The second-order valence-electron chi connectivity index (χ2n) is 3.64. The molecule has 1 heterocycles. The van der Waals surface area contributed by atoms with E-state index in [-0.39, 0.29) is 0 Å². The summed E-state index contributed by atoms with van der Waals surface area (Å²) in [5, 5.41) is 10.3. The largest absolute Gasteiger partial charge is 0.380 e. The first-order valence-corrected chi connectivity index (χ1v) is 6.86. The van der Waals surface area contributed by atoms with Crippen molar-refractivity contribution in [3.05, 3.63) is 50.9 Å². The maximum Gasteiger partial charge on any atom is 0.142 e. The van der Waals surface area contributed by atoms with E-state index in [2.05, 4.69) is 36.8 Å². The van der Waals surface area contributed by atoms with Gasteiger partial charge in [0.2, 0.25) is 0 Å². The van der Waals surface area contributed by atoms with Crippen LogP contribution in [0.3, 0.4) is 0 Å². The van der Waals surface area contributed by atoms with Gasteiger partial charge in [-0.1, -0.05) is 37.9 Å². The van der Waals surface area contributed by atoms with Gasteiger partial charge in [0.1, 0.15) is 11.9 Å². The number of nitrogens with zero attached hydrogens (tertiary/aromatic N) is 2. The molecule has 2 aromatic rings. The average molecular weight is 360 g/mol. The van der Waals surface area contributed by atoms with Crippen LogP contribution in [-0.2, 0) is 6.54 Å².